The predicted octanol–water partition coefficient (Wildman–Crippen LogP) is 4.70. The summed E-state index contributed by atoms with van der Waals surface area (Å²) < 4.78 is 5.93. The first-order valence-corrected chi connectivity index (χ1v) is 9.03. The highest BCUT2D eigenvalue weighted by Gasteiger charge is 2.13. The van der Waals surface area contributed by atoms with E-state index in [9.17, 15) is 9.59 Å². The molecule has 0 radical (unpaired) electrons. The van der Waals surface area contributed by atoms with E-state index in [-0.39, 0.29) is 17.6 Å². The Hall–Kier alpha value is -3.45. The number of fused-ring (bicyclic) bond motifs is 1. The third kappa shape index (κ3) is 3.73. The minimum absolute atomic E-state index is 0.172. The predicted molar refractivity (Wildman–Crippen MR) is 105 cm³/mol. The van der Waals surface area contributed by atoms with Gasteiger partial charge in [-0.3, -0.25) is 14.9 Å². The molecular weight excluding hydrogens is 362 g/mol. The molecule has 7 heteroatoms. The zero-order valence-electron chi connectivity index (χ0n) is 14.4. The molecule has 0 fully saturated rings. The molecule has 0 spiro atoms. The van der Waals surface area contributed by atoms with Gasteiger partial charge in [0.2, 0.25) is 0 Å². The summed E-state index contributed by atoms with van der Waals surface area (Å²) in [4.78, 5) is 28.8. The highest BCUT2D eigenvalue weighted by atomic mass is 32.1. The van der Waals surface area contributed by atoms with Crippen molar-refractivity contribution in [3.63, 3.8) is 0 Å². The Morgan fingerprint density at radius 2 is 1.89 bits per heavy atom. The summed E-state index contributed by atoms with van der Waals surface area (Å²) in [5, 5.41) is 6.07. The summed E-state index contributed by atoms with van der Waals surface area (Å²) in [5.41, 5.74) is 3.04. The van der Waals surface area contributed by atoms with Crippen molar-refractivity contribution in [1.29, 1.82) is 0 Å². The number of anilines is 2. The number of hydrogen-bond acceptors (Lipinski definition) is 5. The number of benzene rings is 2. The molecule has 2 aromatic carbocycles. The van der Waals surface area contributed by atoms with Gasteiger partial charge in [-0.25, -0.2) is 4.98 Å². The minimum atomic E-state index is -0.355. The van der Waals surface area contributed by atoms with E-state index in [1.54, 1.807) is 30.3 Å². The number of aryl methyl sites for hydroxylation is 1. The maximum Gasteiger partial charge on any atom is 0.293 e. The Morgan fingerprint density at radius 1 is 1.00 bits per heavy atom. The SMILES string of the molecule is Cc1cccc(C(=O)Nc2ccc3nc(NC(=O)c4ccco4)sc3c2)c1. The van der Waals surface area contributed by atoms with Crippen LogP contribution in [0.2, 0.25) is 0 Å². The fourth-order valence-corrected chi connectivity index (χ4v) is 3.51. The van der Waals surface area contributed by atoms with E-state index in [0.29, 0.717) is 16.4 Å². The molecule has 134 valence electrons. The summed E-state index contributed by atoms with van der Waals surface area (Å²) in [5.74, 6) is -0.304. The van der Waals surface area contributed by atoms with Crippen LogP contribution in [0.3, 0.4) is 0 Å². The molecule has 27 heavy (non-hydrogen) atoms. The lowest BCUT2D eigenvalue weighted by atomic mass is 10.1. The number of thiazole rings is 1. The lowest BCUT2D eigenvalue weighted by Crippen LogP contribution is -2.11. The highest BCUT2D eigenvalue weighted by molar-refractivity contribution is 7.22. The second-order valence-corrected chi connectivity index (χ2v) is 6.99. The maximum absolute atomic E-state index is 12.4. The number of nitrogens with zero attached hydrogens (tertiary/aromatic N) is 1. The summed E-state index contributed by atoms with van der Waals surface area (Å²) in [6, 6.07) is 16.1. The fourth-order valence-electron chi connectivity index (χ4n) is 2.61. The topological polar surface area (TPSA) is 84.2 Å². The van der Waals surface area contributed by atoms with Crippen molar-refractivity contribution in [3.05, 3.63) is 77.7 Å². The van der Waals surface area contributed by atoms with Crippen LogP contribution in [0.5, 0.6) is 0 Å². The summed E-state index contributed by atoms with van der Waals surface area (Å²) in [6.45, 7) is 1.94. The van der Waals surface area contributed by atoms with Crippen LogP contribution in [0.15, 0.2) is 65.3 Å². The van der Waals surface area contributed by atoms with E-state index in [4.69, 9.17) is 4.42 Å². The van der Waals surface area contributed by atoms with E-state index in [0.717, 1.165) is 15.8 Å². The summed E-state index contributed by atoms with van der Waals surface area (Å²) in [6.07, 6.45) is 1.44. The van der Waals surface area contributed by atoms with Crippen molar-refractivity contribution in [1.82, 2.24) is 4.98 Å². The zero-order valence-corrected chi connectivity index (χ0v) is 15.2. The van der Waals surface area contributed by atoms with Crippen molar-refractivity contribution in [2.24, 2.45) is 0 Å². The van der Waals surface area contributed by atoms with Gasteiger partial charge in [-0.2, -0.15) is 0 Å². The van der Waals surface area contributed by atoms with Crippen LogP contribution in [0.4, 0.5) is 10.8 Å². The van der Waals surface area contributed by atoms with Gasteiger partial charge in [0, 0.05) is 11.3 Å². The van der Waals surface area contributed by atoms with Crippen LogP contribution in [0.1, 0.15) is 26.5 Å². The van der Waals surface area contributed by atoms with Gasteiger partial charge >= 0.3 is 0 Å². The van der Waals surface area contributed by atoms with Gasteiger partial charge in [-0.1, -0.05) is 29.0 Å². The number of carbonyl (C=O) groups is 2. The largest absolute Gasteiger partial charge is 0.459 e. The van der Waals surface area contributed by atoms with E-state index < -0.39 is 0 Å². The molecule has 4 rings (SSSR count). The van der Waals surface area contributed by atoms with Crippen molar-refractivity contribution in [2.45, 2.75) is 6.92 Å². The molecule has 0 saturated heterocycles. The van der Waals surface area contributed by atoms with Crippen LogP contribution in [-0.4, -0.2) is 16.8 Å². The summed E-state index contributed by atoms with van der Waals surface area (Å²) in [7, 11) is 0. The standard InChI is InChI=1S/C20H15N3O3S/c1-12-4-2-5-13(10-12)18(24)21-14-7-8-15-17(11-14)27-20(22-15)23-19(25)16-6-3-9-26-16/h2-11H,1H3,(H,21,24)(H,22,23,25). The molecule has 2 heterocycles. The zero-order chi connectivity index (χ0) is 18.8. The van der Waals surface area contributed by atoms with Gasteiger partial charge in [-0.05, 0) is 49.4 Å². The van der Waals surface area contributed by atoms with Crippen LogP contribution in [0.25, 0.3) is 10.2 Å². The first-order valence-electron chi connectivity index (χ1n) is 8.22. The fraction of sp³-hybridized carbons (Fsp3) is 0.0500. The van der Waals surface area contributed by atoms with Crippen LogP contribution >= 0.6 is 11.3 Å². The lowest BCUT2D eigenvalue weighted by molar-refractivity contribution is 0.0994. The molecule has 2 aromatic heterocycles. The van der Waals surface area contributed by atoms with Gasteiger partial charge in [0.15, 0.2) is 10.9 Å². The smallest absolute Gasteiger partial charge is 0.293 e. The number of amides is 2. The van der Waals surface area contributed by atoms with E-state index in [1.165, 1.54) is 17.6 Å². The Kier molecular flexibility index (Phi) is 4.43. The molecule has 0 atom stereocenters. The van der Waals surface area contributed by atoms with E-state index in [1.807, 2.05) is 31.2 Å². The van der Waals surface area contributed by atoms with Crippen LogP contribution < -0.4 is 10.6 Å². The average molecular weight is 377 g/mol. The van der Waals surface area contributed by atoms with Crippen molar-refractivity contribution < 1.29 is 14.0 Å². The molecule has 0 unspecified atom stereocenters. The monoisotopic (exact) mass is 377 g/mol. The van der Waals surface area contributed by atoms with Gasteiger partial charge in [0.1, 0.15) is 0 Å². The molecule has 4 aromatic rings. The second-order valence-electron chi connectivity index (χ2n) is 5.96. The Labute approximate surface area is 158 Å². The Balaban J connectivity index is 1.52. The average Bonchev–Trinajstić information content (AvgIpc) is 3.30. The third-order valence-electron chi connectivity index (χ3n) is 3.89. The van der Waals surface area contributed by atoms with Gasteiger partial charge in [0.25, 0.3) is 11.8 Å². The van der Waals surface area contributed by atoms with E-state index in [2.05, 4.69) is 15.6 Å². The molecule has 0 saturated carbocycles. The molecule has 2 N–H and O–H groups in total. The Morgan fingerprint density at radius 3 is 2.67 bits per heavy atom. The molecule has 2 amide bonds. The van der Waals surface area contributed by atoms with Crippen molar-refractivity contribution >= 4 is 44.2 Å². The minimum Gasteiger partial charge on any atom is -0.459 e. The molecule has 0 aliphatic carbocycles. The number of carbonyl (C=O) groups excluding carboxylic acids is 2. The van der Waals surface area contributed by atoms with Crippen molar-refractivity contribution in [3.8, 4) is 0 Å². The van der Waals surface area contributed by atoms with Crippen LogP contribution in [-0.2, 0) is 0 Å². The highest BCUT2D eigenvalue weighted by Crippen LogP contribution is 2.29. The Bertz CT molecular complexity index is 1130. The van der Waals surface area contributed by atoms with Gasteiger partial charge in [-0.15, -0.1) is 0 Å². The normalized spacial score (nSPS) is 10.7. The number of rotatable bonds is 4. The number of nitrogens with one attached hydrogen (secondary N) is 2. The molecule has 0 aliphatic rings. The van der Waals surface area contributed by atoms with Gasteiger partial charge < -0.3 is 9.73 Å². The first kappa shape index (κ1) is 17.0. The second kappa shape index (κ2) is 7.05. The molecule has 0 bridgehead atoms. The molecule has 0 aliphatic heterocycles. The third-order valence-corrected chi connectivity index (χ3v) is 4.83. The van der Waals surface area contributed by atoms with Crippen LogP contribution in [0, 0.1) is 6.92 Å². The number of furan rings is 1. The maximum atomic E-state index is 12.4. The molecule has 6 nitrogen and oxygen atoms in total. The summed E-state index contributed by atoms with van der Waals surface area (Å²) >= 11 is 1.33. The van der Waals surface area contributed by atoms with Crippen molar-refractivity contribution in [2.75, 3.05) is 10.6 Å². The quantitative estimate of drug-likeness (QED) is 0.540. The number of aromatic nitrogens is 1. The lowest BCUT2D eigenvalue weighted by Gasteiger charge is -2.05. The first-order chi connectivity index (χ1) is 13.1. The number of hydrogen-bond donors (Lipinski definition) is 2. The molecular formula is C20H15N3O3S. The van der Waals surface area contributed by atoms with Gasteiger partial charge in [0.05, 0.1) is 16.5 Å². The van der Waals surface area contributed by atoms with E-state index >= 15 is 0 Å².